The molecule has 1 aliphatic rings. The van der Waals surface area contributed by atoms with Crippen LogP contribution < -0.4 is 10.6 Å². The minimum absolute atomic E-state index is 0.0827. The largest absolute Gasteiger partial charge is 0.381 e. The highest BCUT2D eigenvalue weighted by Crippen LogP contribution is 2.13. The molecule has 0 aromatic rings. The van der Waals surface area contributed by atoms with Crippen LogP contribution in [0.2, 0.25) is 0 Å². The molecule has 0 aliphatic carbocycles. The van der Waals surface area contributed by atoms with Gasteiger partial charge in [-0.3, -0.25) is 4.79 Å². The van der Waals surface area contributed by atoms with Crippen LogP contribution in [0, 0.1) is 0 Å². The van der Waals surface area contributed by atoms with Crippen LogP contribution in [0.3, 0.4) is 0 Å². The molecule has 1 aliphatic heterocycles. The molecular formula is C15H29N3O3. The first-order valence-electron chi connectivity index (χ1n) is 7.96. The lowest BCUT2D eigenvalue weighted by molar-refractivity contribution is -0.129. The molecule has 1 fully saturated rings. The van der Waals surface area contributed by atoms with Gasteiger partial charge < -0.3 is 20.3 Å². The molecule has 0 spiro atoms. The molecule has 1 saturated heterocycles. The molecule has 0 radical (unpaired) electrons. The number of nitrogens with zero attached hydrogens (tertiary/aromatic N) is 1. The fourth-order valence-electron chi connectivity index (χ4n) is 2.29. The van der Waals surface area contributed by atoms with Gasteiger partial charge in [-0.25, -0.2) is 4.79 Å². The van der Waals surface area contributed by atoms with Crippen LogP contribution in [0.5, 0.6) is 0 Å². The van der Waals surface area contributed by atoms with Crippen LogP contribution >= 0.6 is 0 Å². The van der Waals surface area contributed by atoms with Gasteiger partial charge in [0, 0.05) is 38.8 Å². The van der Waals surface area contributed by atoms with Crippen molar-refractivity contribution in [1.29, 1.82) is 0 Å². The fourth-order valence-corrected chi connectivity index (χ4v) is 2.29. The quantitative estimate of drug-likeness (QED) is 0.634. The van der Waals surface area contributed by atoms with Crippen molar-refractivity contribution in [2.45, 2.75) is 58.5 Å². The molecule has 0 saturated carbocycles. The first-order chi connectivity index (χ1) is 10.0. The Balaban J connectivity index is 2.08. The number of ether oxygens (including phenoxy) is 1. The molecule has 6 heteroatoms. The summed E-state index contributed by atoms with van der Waals surface area (Å²) in [6.07, 6.45) is 3.41. The summed E-state index contributed by atoms with van der Waals surface area (Å²) in [6.45, 7) is 8.75. The van der Waals surface area contributed by atoms with Crippen LogP contribution in [-0.2, 0) is 9.53 Å². The molecule has 1 atom stereocenters. The number of urea groups is 1. The highest BCUT2D eigenvalue weighted by Gasteiger charge is 2.31. The molecule has 1 heterocycles. The maximum Gasteiger partial charge on any atom is 0.315 e. The molecule has 0 aromatic carbocycles. The number of carbonyl (C=O) groups is 2. The fraction of sp³-hybridized carbons (Fsp3) is 0.867. The number of amides is 3. The van der Waals surface area contributed by atoms with Gasteiger partial charge in [-0.15, -0.1) is 0 Å². The van der Waals surface area contributed by atoms with Crippen molar-refractivity contribution in [3.05, 3.63) is 0 Å². The number of likely N-dealkylation sites (tertiary alicyclic amines) is 1. The maximum atomic E-state index is 11.7. The Morgan fingerprint density at radius 1 is 1.38 bits per heavy atom. The van der Waals surface area contributed by atoms with Gasteiger partial charge >= 0.3 is 6.03 Å². The standard InChI is InChI=1S/C15H29N3O3/c1-4-5-8-21-9-6-7-16-15(20)17-13-10-14(19)18(11-13)12(2)3/h12-13H,4-11H2,1-3H3,(H2,16,17,20). The van der Waals surface area contributed by atoms with E-state index < -0.39 is 0 Å². The van der Waals surface area contributed by atoms with E-state index >= 15 is 0 Å². The van der Waals surface area contributed by atoms with E-state index in [-0.39, 0.29) is 24.0 Å². The second kappa shape index (κ2) is 9.60. The first-order valence-corrected chi connectivity index (χ1v) is 7.96. The maximum absolute atomic E-state index is 11.7. The monoisotopic (exact) mass is 299 g/mol. The Bertz CT molecular complexity index is 334. The first kappa shape index (κ1) is 17.8. The zero-order valence-electron chi connectivity index (χ0n) is 13.5. The van der Waals surface area contributed by atoms with E-state index in [1.807, 2.05) is 13.8 Å². The van der Waals surface area contributed by atoms with Gasteiger partial charge in [-0.05, 0) is 26.7 Å². The normalized spacial score (nSPS) is 18.4. The lowest BCUT2D eigenvalue weighted by atomic mass is 10.2. The number of hydrogen-bond donors (Lipinski definition) is 2. The van der Waals surface area contributed by atoms with Crippen LogP contribution in [0.4, 0.5) is 4.79 Å². The number of nitrogens with one attached hydrogen (secondary N) is 2. The van der Waals surface area contributed by atoms with Crippen LogP contribution in [0.1, 0.15) is 46.5 Å². The smallest absolute Gasteiger partial charge is 0.315 e. The highest BCUT2D eigenvalue weighted by molar-refractivity contribution is 5.81. The van der Waals surface area contributed by atoms with Crippen molar-refractivity contribution in [2.75, 3.05) is 26.3 Å². The Labute approximate surface area is 127 Å². The van der Waals surface area contributed by atoms with Crippen LogP contribution in [0.25, 0.3) is 0 Å². The van der Waals surface area contributed by atoms with E-state index in [4.69, 9.17) is 4.74 Å². The number of rotatable bonds is 9. The SMILES string of the molecule is CCCCOCCCNC(=O)NC1CC(=O)N(C(C)C)C1. The van der Waals surface area contributed by atoms with Crippen LogP contribution in [-0.4, -0.2) is 55.2 Å². The molecular weight excluding hydrogens is 270 g/mol. The summed E-state index contributed by atoms with van der Waals surface area (Å²) in [7, 11) is 0. The Morgan fingerprint density at radius 2 is 2.10 bits per heavy atom. The molecule has 2 N–H and O–H groups in total. The van der Waals surface area contributed by atoms with E-state index in [1.54, 1.807) is 4.90 Å². The summed E-state index contributed by atoms with van der Waals surface area (Å²) >= 11 is 0. The highest BCUT2D eigenvalue weighted by atomic mass is 16.5. The van der Waals surface area contributed by atoms with Crippen molar-refractivity contribution in [2.24, 2.45) is 0 Å². The third-order valence-electron chi connectivity index (χ3n) is 3.51. The summed E-state index contributed by atoms with van der Waals surface area (Å²) in [5, 5.41) is 5.65. The zero-order valence-corrected chi connectivity index (χ0v) is 13.5. The van der Waals surface area contributed by atoms with Crippen LogP contribution in [0.15, 0.2) is 0 Å². The zero-order chi connectivity index (χ0) is 15.7. The number of carbonyl (C=O) groups excluding carboxylic acids is 2. The minimum atomic E-state index is -0.202. The molecule has 21 heavy (non-hydrogen) atoms. The average molecular weight is 299 g/mol. The van der Waals surface area contributed by atoms with Gasteiger partial charge in [0.1, 0.15) is 0 Å². The topological polar surface area (TPSA) is 70.7 Å². The van der Waals surface area contributed by atoms with Crippen molar-refractivity contribution < 1.29 is 14.3 Å². The summed E-state index contributed by atoms with van der Waals surface area (Å²) < 4.78 is 5.42. The molecule has 1 rings (SSSR count). The Kier molecular flexibility index (Phi) is 8.12. The van der Waals surface area contributed by atoms with Crippen molar-refractivity contribution in [3.63, 3.8) is 0 Å². The van der Waals surface area contributed by atoms with E-state index in [0.717, 1.165) is 25.9 Å². The molecule has 3 amide bonds. The summed E-state index contributed by atoms with van der Waals surface area (Å²) in [5.74, 6) is 0.111. The number of hydrogen-bond acceptors (Lipinski definition) is 3. The Morgan fingerprint density at radius 3 is 2.71 bits per heavy atom. The van der Waals surface area contributed by atoms with Crippen molar-refractivity contribution in [1.82, 2.24) is 15.5 Å². The molecule has 0 aromatic heterocycles. The Hall–Kier alpha value is -1.30. The lowest BCUT2D eigenvalue weighted by Gasteiger charge is -2.21. The van der Waals surface area contributed by atoms with Gasteiger partial charge in [-0.2, -0.15) is 0 Å². The van der Waals surface area contributed by atoms with Gasteiger partial charge in [0.25, 0.3) is 0 Å². The summed E-state index contributed by atoms with van der Waals surface area (Å²) in [4.78, 5) is 25.3. The predicted molar refractivity (Wildman–Crippen MR) is 82.1 cm³/mol. The van der Waals surface area contributed by atoms with Gasteiger partial charge in [0.15, 0.2) is 0 Å². The lowest BCUT2D eigenvalue weighted by Crippen LogP contribution is -2.44. The second-order valence-electron chi connectivity index (χ2n) is 5.76. The average Bonchev–Trinajstić information content (AvgIpc) is 2.78. The molecule has 6 nitrogen and oxygen atoms in total. The minimum Gasteiger partial charge on any atom is -0.381 e. The van der Waals surface area contributed by atoms with E-state index in [0.29, 0.717) is 26.1 Å². The molecule has 0 bridgehead atoms. The predicted octanol–water partition coefficient (Wildman–Crippen LogP) is 1.50. The van der Waals surface area contributed by atoms with Crippen molar-refractivity contribution >= 4 is 11.9 Å². The van der Waals surface area contributed by atoms with Gasteiger partial charge in [-0.1, -0.05) is 13.3 Å². The van der Waals surface area contributed by atoms with E-state index in [2.05, 4.69) is 17.6 Å². The number of unbranched alkanes of at least 4 members (excludes halogenated alkanes) is 1. The third-order valence-corrected chi connectivity index (χ3v) is 3.51. The summed E-state index contributed by atoms with van der Waals surface area (Å²) in [6, 6.07) is -0.0969. The molecule has 122 valence electrons. The summed E-state index contributed by atoms with van der Waals surface area (Å²) in [5.41, 5.74) is 0. The van der Waals surface area contributed by atoms with Gasteiger partial charge in [0.2, 0.25) is 5.91 Å². The molecule has 1 unspecified atom stereocenters. The van der Waals surface area contributed by atoms with Crippen molar-refractivity contribution in [3.8, 4) is 0 Å². The third kappa shape index (κ3) is 6.80. The van der Waals surface area contributed by atoms with Gasteiger partial charge in [0.05, 0.1) is 6.04 Å². The second-order valence-corrected chi connectivity index (χ2v) is 5.76. The van der Waals surface area contributed by atoms with E-state index in [9.17, 15) is 9.59 Å². The van der Waals surface area contributed by atoms with E-state index in [1.165, 1.54) is 0 Å².